The molecule has 0 aliphatic carbocycles. The molecule has 0 atom stereocenters. The van der Waals surface area contributed by atoms with Gasteiger partial charge >= 0.3 is 0 Å². The fourth-order valence-electron chi connectivity index (χ4n) is 2.77. The Balaban J connectivity index is 1.73. The average molecular weight is 294 g/mol. The van der Waals surface area contributed by atoms with Crippen LogP contribution in [0.15, 0.2) is 43.0 Å². The lowest BCUT2D eigenvalue weighted by Crippen LogP contribution is -2.02. The van der Waals surface area contributed by atoms with Gasteiger partial charge in [0.05, 0.1) is 6.20 Å². The molecular weight excluding hydrogens is 272 g/mol. The number of aryl methyl sites for hydroxylation is 5. The number of benzene rings is 1. The van der Waals surface area contributed by atoms with Gasteiger partial charge in [0.2, 0.25) is 0 Å². The van der Waals surface area contributed by atoms with E-state index in [0.29, 0.717) is 0 Å². The molecule has 0 saturated carbocycles. The minimum Gasteiger partial charge on any atom is -0.331 e. The molecule has 0 unspecified atom stereocenters. The number of rotatable bonds is 5. The third kappa shape index (κ3) is 3.11. The van der Waals surface area contributed by atoms with Gasteiger partial charge in [-0.1, -0.05) is 17.7 Å². The molecule has 0 amide bonds. The van der Waals surface area contributed by atoms with Crippen LogP contribution in [0.1, 0.15) is 23.1 Å². The van der Waals surface area contributed by atoms with Crippen molar-refractivity contribution in [2.45, 2.75) is 33.2 Å². The number of aromatic nitrogens is 4. The largest absolute Gasteiger partial charge is 0.331 e. The number of hydrogen-bond acceptors (Lipinski definition) is 2. The third-order valence-corrected chi connectivity index (χ3v) is 3.97. The van der Waals surface area contributed by atoms with E-state index in [1.54, 1.807) is 0 Å². The van der Waals surface area contributed by atoms with E-state index in [0.717, 1.165) is 25.2 Å². The van der Waals surface area contributed by atoms with Crippen LogP contribution in [0.5, 0.6) is 0 Å². The molecule has 0 aliphatic heterocycles. The molecule has 114 valence electrons. The summed E-state index contributed by atoms with van der Waals surface area (Å²) < 4.78 is 4.10. The van der Waals surface area contributed by atoms with Crippen molar-refractivity contribution in [3.63, 3.8) is 0 Å². The van der Waals surface area contributed by atoms with E-state index >= 15 is 0 Å². The normalized spacial score (nSPS) is 11.0. The maximum absolute atomic E-state index is 4.56. The van der Waals surface area contributed by atoms with Crippen molar-refractivity contribution in [1.29, 1.82) is 0 Å². The van der Waals surface area contributed by atoms with Crippen LogP contribution in [0.4, 0.5) is 0 Å². The highest BCUT2D eigenvalue weighted by molar-refractivity contribution is 5.61. The van der Waals surface area contributed by atoms with Crippen LogP contribution in [-0.2, 0) is 20.0 Å². The molecule has 3 aromatic rings. The van der Waals surface area contributed by atoms with E-state index in [1.165, 1.54) is 22.3 Å². The van der Waals surface area contributed by atoms with E-state index in [4.69, 9.17) is 0 Å². The van der Waals surface area contributed by atoms with Gasteiger partial charge in [0.25, 0.3) is 0 Å². The third-order valence-electron chi connectivity index (χ3n) is 3.97. The van der Waals surface area contributed by atoms with Crippen molar-refractivity contribution in [3.05, 3.63) is 59.7 Å². The minimum atomic E-state index is 0.970. The minimum absolute atomic E-state index is 0.970. The zero-order valence-corrected chi connectivity index (χ0v) is 13.5. The maximum atomic E-state index is 4.56. The fraction of sp³-hybridized carbons (Fsp3) is 0.333. The molecule has 2 aromatic heterocycles. The van der Waals surface area contributed by atoms with Crippen LogP contribution in [-0.4, -0.2) is 19.3 Å². The highest BCUT2D eigenvalue weighted by atomic mass is 15.2. The predicted molar refractivity (Wildman–Crippen MR) is 88.7 cm³/mol. The fourth-order valence-corrected chi connectivity index (χ4v) is 2.77. The maximum Gasteiger partial charge on any atom is 0.140 e. The summed E-state index contributed by atoms with van der Waals surface area (Å²) in [6.07, 6.45) is 10.1. The molecule has 0 fully saturated rings. The summed E-state index contributed by atoms with van der Waals surface area (Å²) in [5.74, 6) is 1.06. The molecule has 0 saturated heterocycles. The second-order valence-corrected chi connectivity index (χ2v) is 5.89. The van der Waals surface area contributed by atoms with E-state index < -0.39 is 0 Å². The van der Waals surface area contributed by atoms with Gasteiger partial charge in [0.15, 0.2) is 0 Å². The zero-order valence-electron chi connectivity index (χ0n) is 13.5. The lowest BCUT2D eigenvalue weighted by atomic mass is 10.1. The van der Waals surface area contributed by atoms with Gasteiger partial charge in [0.1, 0.15) is 5.82 Å². The second kappa shape index (κ2) is 6.18. The van der Waals surface area contributed by atoms with Gasteiger partial charge < -0.3 is 4.57 Å². The smallest absolute Gasteiger partial charge is 0.140 e. The Kier molecular flexibility index (Phi) is 4.09. The Hall–Kier alpha value is -2.36. The van der Waals surface area contributed by atoms with Crippen LogP contribution < -0.4 is 0 Å². The van der Waals surface area contributed by atoms with E-state index in [2.05, 4.69) is 59.1 Å². The van der Waals surface area contributed by atoms with Gasteiger partial charge in [-0.15, -0.1) is 0 Å². The summed E-state index contributed by atoms with van der Waals surface area (Å²) in [6.45, 7) is 5.24. The number of hydrogen-bond donors (Lipinski definition) is 0. The van der Waals surface area contributed by atoms with Crippen LogP contribution >= 0.6 is 0 Å². The molecule has 0 bridgehead atoms. The van der Waals surface area contributed by atoms with Crippen molar-refractivity contribution >= 4 is 0 Å². The van der Waals surface area contributed by atoms with Gasteiger partial charge in [-0.05, 0) is 43.9 Å². The van der Waals surface area contributed by atoms with Crippen LogP contribution in [0.2, 0.25) is 0 Å². The summed E-state index contributed by atoms with van der Waals surface area (Å²) >= 11 is 0. The van der Waals surface area contributed by atoms with Crippen molar-refractivity contribution in [2.24, 2.45) is 7.05 Å². The molecule has 0 aliphatic rings. The SMILES string of the molecule is Cc1ccc(C)c(-c2nccn2CCCc2cnn(C)c2)c1. The Morgan fingerprint density at radius 1 is 1.18 bits per heavy atom. The highest BCUT2D eigenvalue weighted by Gasteiger charge is 2.09. The van der Waals surface area contributed by atoms with Crippen LogP contribution in [0.3, 0.4) is 0 Å². The quantitative estimate of drug-likeness (QED) is 0.721. The molecule has 0 N–H and O–H groups in total. The molecule has 3 rings (SSSR count). The summed E-state index contributed by atoms with van der Waals surface area (Å²) in [5, 5.41) is 4.22. The molecule has 0 spiro atoms. The Bertz CT molecular complexity index is 767. The predicted octanol–water partition coefficient (Wildman–Crippen LogP) is 3.53. The van der Waals surface area contributed by atoms with Gasteiger partial charge in [0, 0.05) is 37.7 Å². The standard InChI is InChI=1S/C18H22N4/c1-14-6-7-15(2)17(11-14)18-19-8-10-22(18)9-4-5-16-12-20-21(3)13-16/h6-8,10-13H,4-5,9H2,1-3H3. The number of nitrogens with zero attached hydrogens (tertiary/aromatic N) is 4. The van der Waals surface area contributed by atoms with Crippen LogP contribution in [0.25, 0.3) is 11.4 Å². The first-order valence-electron chi connectivity index (χ1n) is 7.70. The van der Waals surface area contributed by atoms with Crippen LogP contribution in [0, 0.1) is 13.8 Å². The van der Waals surface area contributed by atoms with Gasteiger partial charge in [-0.25, -0.2) is 4.98 Å². The first-order valence-corrected chi connectivity index (χ1v) is 7.70. The van der Waals surface area contributed by atoms with Gasteiger partial charge in [-0.3, -0.25) is 4.68 Å². The highest BCUT2D eigenvalue weighted by Crippen LogP contribution is 2.23. The number of imidazole rings is 1. The van der Waals surface area contributed by atoms with Crippen molar-refractivity contribution in [3.8, 4) is 11.4 Å². The molecule has 1 aromatic carbocycles. The Morgan fingerprint density at radius 3 is 2.82 bits per heavy atom. The summed E-state index contributed by atoms with van der Waals surface area (Å²) in [6, 6.07) is 6.53. The molecule has 4 nitrogen and oxygen atoms in total. The molecular formula is C18H22N4. The Labute approximate surface area is 131 Å². The lowest BCUT2D eigenvalue weighted by Gasteiger charge is -2.10. The van der Waals surface area contributed by atoms with Gasteiger partial charge in [-0.2, -0.15) is 5.10 Å². The summed E-state index contributed by atoms with van der Waals surface area (Å²) in [4.78, 5) is 4.56. The van der Waals surface area contributed by atoms with Crippen molar-refractivity contribution in [2.75, 3.05) is 0 Å². The summed E-state index contributed by atoms with van der Waals surface area (Å²) in [7, 11) is 1.96. The average Bonchev–Trinajstić information content (AvgIpc) is 3.11. The first-order chi connectivity index (χ1) is 10.6. The molecule has 22 heavy (non-hydrogen) atoms. The monoisotopic (exact) mass is 294 g/mol. The lowest BCUT2D eigenvalue weighted by molar-refractivity contribution is 0.647. The van der Waals surface area contributed by atoms with E-state index in [1.807, 2.05) is 24.1 Å². The zero-order chi connectivity index (χ0) is 15.5. The van der Waals surface area contributed by atoms with E-state index in [9.17, 15) is 0 Å². The first kappa shape index (κ1) is 14.6. The molecule has 2 heterocycles. The topological polar surface area (TPSA) is 35.6 Å². The molecule has 4 heteroatoms. The van der Waals surface area contributed by atoms with E-state index in [-0.39, 0.29) is 0 Å². The second-order valence-electron chi connectivity index (χ2n) is 5.89. The van der Waals surface area contributed by atoms with Crippen molar-refractivity contribution < 1.29 is 0 Å². The Morgan fingerprint density at radius 2 is 2.05 bits per heavy atom. The van der Waals surface area contributed by atoms with Crippen molar-refractivity contribution in [1.82, 2.24) is 19.3 Å². The molecule has 0 radical (unpaired) electrons. The summed E-state index contributed by atoms with van der Waals surface area (Å²) in [5.41, 5.74) is 5.05.